The Bertz CT molecular complexity index is 691. The number of rotatable bonds is 2. The Morgan fingerprint density at radius 2 is 2.24 bits per heavy atom. The third-order valence-electron chi connectivity index (χ3n) is 3.74. The topological polar surface area (TPSA) is 80.9 Å². The highest BCUT2D eigenvalue weighted by Gasteiger charge is 2.26. The highest BCUT2D eigenvalue weighted by atomic mass is 16.5. The van der Waals surface area contributed by atoms with E-state index in [1.807, 2.05) is 6.20 Å². The number of aryl methyl sites for hydroxylation is 2. The Kier molecular flexibility index (Phi) is 3.23. The first kappa shape index (κ1) is 13.7. The molecule has 0 saturated carbocycles. The third kappa shape index (κ3) is 2.94. The number of fused-ring (bicyclic) bond motifs is 1. The summed E-state index contributed by atoms with van der Waals surface area (Å²) in [4.78, 5) is 20.6. The first-order valence-electron chi connectivity index (χ1n) is 7.02. The summed E-state index contributed by atoms with van der Waals surface area (Å²) in [5.41, 5.74) is 3.14. The van der Waals surface area contributed by atoms with Crippen molar-refractivity contribution in [1.29, 1.82) is 0 Å². The van der Waals surface area contributed by atoms with Gasteiger partial charge < -0.3 is 4.52 Å². The van der Waals surface area contributed by atoms with Gasteiger partial charge in [-0.15, -0.1) is 0 Å². The Morgan fingerprint density at radius 1 is 1.43 bits per heavy atom. The molecule has 6 nitrogen and oxygen atoms in total. The van der Waals surface area contributed by atoms with Crippen LogP contribution < -0.4 is 5.32 Å². The van der Waals surface area contributed by atoms with Gasteiger partial charge in [-0.1, -0.05) is 19.0 Å². The van der Waals surface area contributed by atoms with E-state index < -0.39 is 0 Å². The van der Waals surface area contributed by atoms with Crippen LogP contribution >= 0.6 is 0 Å². The van der Waals surface area contributed by atoms with Crippen LogP contribution in [0.1, 0.15) is 47.8 Å². The molecule has 21 heavy (non-hydrogen) atoms. The molecule has 1 aliphatic carbocycles. The number of aromatic nitrogens is 3. The summed E-state index contributed by atoms with van der Waals surface area (Å²) in [5.74, 6) is 0.0918. The normalized spacial score (nSPS) is 16.3. The number of carbonyl (C=O) groups excluding carboxylic acids is 1. The quantitative estimate of drug-likeness (QED) is 0.917. The molecule has 0 unspecified atom stereocenters. The van der Waals surface area contributed by atoms with E-state index >= 15 is 0 Å². The molecule has 0 aliphatic heterocycles. The van der Waals surface area contributed by atoms with Crippen LogP contribution in [0.5, 0.6) is 0 Å². The van der Waals surface area contributed by atoms with Crippen LogP contribution in [0, 0.1) is 12.3 Å². The second-order valence-electron chi connectivity index (χ2n) is 6.29. The molecule has 1 aliphatic rings. The summed E-state index contributed by atoms with van der Waals surface area (Å²) < 4.78 is 4.92. The van der Waals surface area contributed by atoms with Crippen LogP contribution in [0.15, 0.2) is 16.8 Å². The fourth-order valence-electron chi connectivity index (χ4n) is 2.56. The van der Waals surface area contributed by atoms with Crippen LogP contribution in [-0.2, 0) is 12.8 Å². The molecule has 1 amide bonds. The van der Waals surface area contributed by atoms with Crippen LogP contribution in [0.25, 0.3) is 0 Å². The Hall–Kier alpha value is -2.24. The average molecular weight is 286 g/mol. The van der Waals surface area contributed by atoms with Crippen LogP contribution in [0.4, 0.5) is 5.95 Å². The predicted octanol–water partition coefficient (Wildman–Crippen LogP) is 2.54. The molecule has 1 N–H and O–H groups in total. The van der Waals surface area contributed by atoms with Crippen molar-refractivity contribution >= 4 is 11.9 Å². The minimum Gasteiger partial charge on any atom is -0.351 e. The lowest BCUT2D eigenvalue weighted by atomic mass is 9.76. The number of carbonyl (C=O) groups is 1. The van der Waals surface area contributed by atoms with Crippen molar-refractivity contribution in [3.8, 4) is 0 Å². The molecule has 0 atom stereocenters. The minimum absolute atomic E-state index is 0.162. The van der Waals surface area contributed by atoms with Gasteiger partial charge in [0.1, 0.15) is 0 Å². The van der Waals surface area contributed by atoms with Gasteiger partial charge in [0.05, 0.1) is 5.69 Å². The summed E-state index contributed by atoms with van der Waals surface area (Å²) in [7, 11) is 0. The molecular weight excluding hydrogens is 268 g/mol. The van der Waals surface area contributed by atoms with E-state index in [9.17, 15) is 4.79 Å². The number of nitrogens with one attached hydrogen (secondary N) is 1. The van der Waals surface area contributed by atoms with E-state index in [1.54, 1.807) is 13.0 Å². The summed E-state index contributed by atoms with van der Waals surface area (Å²) in [6.07, 6.45) is 4.78. The van der Waals surface area contributed by atoms with Gasteiger partial charge in [0, 0.05) is 18.0 Å². The SMILES string of the molecule is Cc1cc(C(=O)Nc2ncc3c(n2)CCC(C)(C)C3)on1. The number of hydrogen-bond donors (Lipinski definition) is 1. The number of amides is 1. The summed E-state index contributed by atoms with van der Waals surface area (Å²) >= 11 is 0. The lowest BCUT2D eigenvalue weighted by molar-refractivity contribution is 0.0987. The standard InChI is InChI=1S/C15H18N4O2/c1-9-6-12(21-19-9)13(20)18-14-16-8-10-7-15(2,3)5-4-11(10)17-14/h6,8H,4-5,7H2,1-3H3,(H,16,17,18,20). The monoisotopic (exact) mass is 286 g/mol. The molecule has 3 rings (SSSR count). The molecule has 110 valence electrons. The second-order valence-corrected chi connectivity index (χ2v) is 6.29. The largest absolute Gasteiger partial charge is 0.351 e. The van der Waals surface area contributed by atoms with Crippen molar-refractivity contribution in [3.63, 3.8) is 0 Å². The van der Waals surface area contributed by atoms with Gasteiger partial charge in [0.25, 0.3) is 5.91 Å². The van der Waals surface area contributed by atoms with Gasteiger partial charge in [-0.25, -0.2) is 9.97 Å². The van der Waals surface area contributed by atoms with Gasteiger partial charge in [-0.3, -0.25) is 10.1 Å². The van der Waals surface area contributed by atoms with Crippen molar-refractivity contribution < 1.29 is 9.32 Å². The number of nitrogens with zero attached hydrogens (tertiary/aromatic N) is 3. The molecule has 0 fully saturated rings. The van der Waals surface area contributed by atoms with Gasteiger partial charge in [-0.2, -0.15) is 0 Å². The lowest BCUT2D eigenvalue weighted by Gasteiger charge is -2.30. The predicted molar refractivity (Wildman–Crippen MR) is 77.0 cm³/mol. The maximum atomic E-state index is 12.0. The van der Waals surface area contributed by atoms with E-state index in [0.717, 1.165) is 25.0 Å². The van der Waals surface area contributed by atoms with Crippen molar-refractivity contribution in [1.82, 2.24) is 15.1 Å². The molecule has 2 heterocycles. The zero-order valence-electron chi connectivity index (χ0n) is 12.4. The molecule has 0 bridgehead atoms. The zero-order chi connectivity index (χ0) is 15.0. The fraction of sp³-hybridized carbons (Fsp3) is 0.467. The molecule has 2 aromatic rings. The van der Waals surface area contributed by atoms with Gasteiger partial charge >= 0.3 is 0 Å². The zero-order valence-corrected chi connectivity index (χ0v) is 12.4. The highest BCUT2D eigenvalue weighted by molar-refractivity contribution is 6.01. The minimum atomic E-state index is -0.383. The Balaban J connectivity index is 1.77. The van der Waals surface area contributed by atoms with Crippen LogP contribution in [-0.4, -0.2) is 21.0 Å². The third-order valence-corrected chi connectivity index (χ3v) is 3.74. The molecular formula is C15H18N4O2. The lowest BCUT2D eigenvalue weighted by Crippen LogP contribution is -2.24. The number of anilines is 1. The first-order valence-corrected chi connectivity index (χ1v) is 7.02. The summed E-state index contributed by atoms with van der Waals surface area (Å²) in [6.45, 7) is 6.26. The van der Waals surface area contributed by atoms with Crippen LogP contribution in [0.3, 0.4) is 0 Å². The van der Waals surface area contributed by atoms with Crippen molar-refractivity contribution in [2.75, 3.05) is 5.32 Å². The fourth-order valence-corrected chi connectivity index (χ4v) is 2.56. The molecule has 0 radical (unpaired) electrons. The Labute approximate surface area is 123 Å². The van der Waals surface area contributed by atoms with Crippen LogP contribution in [0.2, 0.25) is 0 Å². The first-order chi connectivity index (χ1) is 9.93. The van der Waals surface area contributed by atoms with Crippen molar-refractivity contribution in [2.45, 2.75) is 40.0 Å². The van der Waals surface area contributed by atoms with Crippen molar-refractivity contribution in [3.05, 3.63) is 35.0 Å². The smallest absolute Gasteiger partial charge is 0.296 e. The molecule has 0 saturated heterocycles. The summed E-state index contributed by atoms with van der Waals surface area (Å²) in [5, 5.41) is 6.34. The molecule has 0 spiro atoms. The molecule has 0 aromatic carbocycles. The Morgan fingerprint density at radius 3 is 2.95 bits per heavy atom. The second kappa shape index (κ2) is 4.95. The molecule has 2 aromatic heterocycles. The summed E-state index contributed by atoms with van der Waals surface area (Å²) in [6, 6.07) is 1.58. The van der Waals surface area contributed by atoms with E-state index in [0.29, 0.717) is 17.1 Å². The van der Waals surface area contributed by atoms with Crippen molar-refractivity contribution in [2.24, 2.45) is 5.41 Å². The van der Waals surface area contributed by atoms with E-state index in [1.165, 1.54) is 5.56 Å². The van der Waals surface area contributed by atoms with Gasteiger partial charge in [0.15, 0.2) is 0 Å². The molecule has 6 heteroatoms. The van der Waals surface area contributed by atoms with E-state index in [4.69, 9.17) is 4.52 Å². The average Bonchev–Trinajstić information content (AvgIpc) is 2.85. The maximum absolute atomic E-state index is 12.0. The van der Waals surface area contributed by atoms with E-state index in [-0.39, 0.29) is 11.7 Å². The highest BCUT2D eigenvalue weighted by Crippen LogP contribution is 2.33. The maximum Gasteiger partial charge on any atom is 0.296 e. The van der Waals surface area contributed by atoms with E-state index in [2.05, 4.69) is 34.3 Å². The van der Waals surface area contributed by atoms with Gasteiger partial charge in [-0.05, 0) is 37.2 Å². The van der Waals surface area contributed by atoms with Gasteiger partial charge in [0.2, 0.25) is 11.7 Å². The number of hydrogen-bond acceptors (Lipinski definition) is 5.